The van der Waals surface area contributed by atoms with E-state index in [9.17, 15) is 0 Å². The molecule has 26 heavy (non-hydrogen) atoms. The van der Waals surface area contributed by atoms with E-state index in [1.165, 1.54) is 0 Å². The van der Waals surface area contributed by atoms with E-state index in [1.54, 1.807) is 18.4 Å². The maximum atomic E-state index is 5.44. The molecule has 0 atom stereocenters. The Morgan fingerprint density at radius 2 is 2.04 bits per heavy atom. The van der Waals surface area contributed by atoms with E-state index >= 15 is 0 Å². The van der Waals surface area contributed by atoms with Crippen molar-refractivity contribution in [1.82, 2.24) is 15.2 Å². The molecule has 0 spiro atoms. The quantitative estimate of drug-likeness (QED) is 0.396. The number of aromatic nitrogens is 1. The van der Waals surface area contributed by atoms with Gasteiger partial charge in [-0.05, 0) is 17.7 Å². The topological polar surface area (TPSA) is 62.2 Å². The van der Waals surface area contributed by atoms with Crippen LogP contribution in [0.15, 0.2) is 28.6 Å². The Morgan fingerprint density at radius 1 is 1.27 bits per heavy atom. The number of nitrogens with one attached hydrogen (secondary N) is 1. The first-order valence-corrected chi connectivity index (χ1v) is 8.87. The lowest BCUT2D eigenvalue weighted by molar-refractivity contribution is 0.174. The van der Waals surface area contributed by atoms with E-state index < -0.39 is 0 Å². The molecule has 142 valence electrons. The summed E-state index contributed by atoms with van der Waals surface area (Å²) < 4.78 is 10.8. The molecule has 0 radical (unpaired) electrons. The van der Waals surface area contributed by atoms with Crippen molar-refractivity contribution < 1.29 is 9.47 Å². The minimum Gasteiger partial charge on any atom is -0.454 e. The van der Waals surface area contributed by atoms with Crippen LogP contribution in [0.25, 0.3) is 0 Å². The molecule has 1 aromatic heterocycles. The third-order valence-corrected chi connectivity index (χ3v) is 4.84. The van der Waals surface area contributed by atoms with Gasteiger partial charge in [-0.2, -0.15) is 0 Å². The predicted octanol–water partition coefficient (Wildman–Crippen LogP) is 2.76. The van der Waals surface area contributed by atoms with Gasteiger partial charge < -0.3 is 24.6 Å². The third-order valence-electron chi connectivity index (χ3n) is 3.78. The van der Waals surface area contributed by atoms with Crippen LogP contribution >= 0.6 is 35.3 Å². The highest BCUT2D eigenvalue weighted by Crippen LogP contribution is 2.32. The van der Waals surface area contributed by atoms with Crippen molar-refractivity contribution >= 4 is 46.4 Å². The van der Waals surface area contributed by atoms with Crippen LogP contribution in [0.4, 0.5) is 5.13 Å². The minimum atomic E-state index is 0. The summed E-state index contributed by atoms with van der Waals surface area (Å²) in [6.45, 7) is 1.65. The Hall–Kier alpha value is -1.75. The van der Waals surface area contributed by atoms with Gasteiger partial charge in [0.1, 0.15) is 0 Å². The highest BCUT2D eigenvalue weighted by molar-refractivity contribution is 14.0. The third kappa shape index (κ3) is 4.91. The number of nitrogens with zero attached hydrogens (tertiary/aromatic N) is 4. The van der Waals surface area contributed by atoms with E-state index in [0.717, 1.165) is 40.4 Å². The largest absolute Gasteiger partial charge is 0.454 e. The molecule has 0 aliphatic carbocycles. The Balaban J connectivity index is 0.00000243. The summed E-state index contributed by atoms with van der Waals surface area (Å²) in [5.41, 5.74) is 2.14. The summed E-state index contributed by atoms with van der Waals surface area (Å²) in [6.07, 6.45) is 0. The fourth-order valence-electron chi connectivity index (χ4n) is 2.53. The number of benzene rings is 1. The van der Waals surface area contributed by atoms with Crippen molar-refractivity contribution in [2.75, 3.05) is 39.9 Å². The number of halogens is 1. The molecule has 7 nitrogen and oxygen atoms in total. The highest BCUT2D eigenvalue weighted by atomic mass is 127. The van der Waals surface area contributed by atoms with Gasteiger partial charge in [0.05, 0.1) is 12.2 Å². The zero-order valence-electron chi connectivity index (χ0n) is 15.4. The Morgan fingerprint density at radius 3 is 2.73 bits per heavy atom. The van der Waals surface area contributed by atoms with Crippen LogP contribution in [0, 0.1) is 0 Å². The average Bonchev–Trinajstić information content (AvgIpc) is 3.23. The van der Waals surface area contributed by atoms with Crippen LogP contribution in [0.5, 0.6) is 11.5 Å². The Kier molecular flexibility index (Phi) is 7.33. The van der Waals surface area contributed by atoms with Crippen molar-refractivity contribution in [3.05, 3.63) is 34.8 Å². The summed E-state index contributed by atoms with van der Waals surface area (Å²) in [7, 11) is 7.78. The molecule has 3 rings (SSSR count). The number of rotatable bonds is 5. The molecule has 0 saturated heterocycles. The van der Waals surface area contributed by atoms with E-state index in [1.807, 2.05) is 44.2 Å². The summed E-state index contributed by atoms with van der Waals surface area (Å²) in [5, 5.41) is 6.42. The Labute approximate surface area is 175 Å². The molecular formula is C17H24IN5O2S. The fraction of sp³-hybridized carbons (Fsp3) is 0.412. The first kappa shape index (κ1) is 20.6. The Bertz CT molecular complexity index is 765. The standard InChI is InChI=1S/C17H23N5O2S.HI/c1-18-16(19-8-13-10-25-17(20-13)21(2)3)22(4)9-12-5-6-14-15(7-12)24-11-23-14;/h5-7,10H,8-9,11H2,1-4H3,(H,18,19);1H. The van der Waals surface area contributed by atoms with Crippen molar-refractivity contribution in [3.8, 4) is 11.5 Å². The second-order valence-electron chi connectivity index (χ2n) is 5.96. The summed E-state index contributed by atoms with van der Waals surface area (Å²) in [6, 6.07) is 6.00. The van der Waals surface area contributed by atoms with Crippen LogP contribution in [0.3, 0.4) is 0 Å². The lowest BCUT2D eigenvalue weighted by atomic mass is 10.2. The molecule has 2 heterocycles. The van der Waals surface area contributed by atoms with Gasteiger partial charge in [0.15, 0.2) is 22.6 Å². The molecule has 1 aromatic carbocycles. The molecule has 0 saturated carbocycles. The first-order chi connectivity index (χ1) is 12.1. The maximum absolute atomic E-state index is 5.44. The number of anilines is 1. The van der Waals surface area contributed by atoms with Gasteiger partial charge in [0.25, 0.3) is 0 Å². The van der Waals surface area contributed by atoms with E-state index in [4.69, 9.17) is 9.47 Å². The van der Waals surface area contributed by atoms with Crippen LogP contribution in [-0.2, 0) is 13.1 Å². The van der Waals surface area contributed by atoms with E-state index in [-0.39, 0.29) is 24.0 Å². The van der Waals surface area contributed by atoms with Crippen LogP contribution in [-0.4, -0.2) is 50.8 Å². The summed E-state index contributed by atoms with van der Waals surface area (Å²) >= 11 is 1.63. The zero-order valence-corrected chi connectivity index (χ0v) is 18.5. The summed E-state index contributed by atoms with van der Waals surface area (Å²) in [4.78, 5) is 13.0. The first-order valence-electron chi connectivity index (χ1n) is 7.99. The molecule has 9 heteroatoms. The second kappa shape index (κ2) is 9.26. The van der Waals surface area contributed by atoms with Crippen LogP contribution in [0.2, 0.25) is 0 Å². The molecule has 2 aromatic rings. The number of fused-ring (bicyclic) bond motifs is 1. The number of aliphatic imine (C=N–C) groups is 1. The van der Waals surface area contributed by atoms with Gasteiger partial charge >= 0.3 is 0 Å². The van der Waals surface area contributed by atoms with Gasteiger partial charge in [-0.3, -0.25) is 4.99 Å². The molecule has 0 fully saturated rings. The van der Waals surface area contributed by atoms with Gasteiger partial charge in [-0.25, -0.2) is 4.98 Å². The van der Waals surface area contributed by atoms with Gasteiger partial charge in [-0.1, -0.05) is 6.07 Å². The lowest BCUT2D eigenvalue weighted by Crippen LogP contribution is -2.38. The van der Waals surface area contributed by atoms with Gasteiger partial charge in [0.2, 0.25) is 6.79 Å². The van der Waals surface area contributed by atoms with Crippen molar-refractivity contribution in [2.24, 2.45) is 4.99 Å². The molecule has 1 aliphatic heterocycles. The lowest BCUT2D eigenvalue weighted by Gasteiger charge is -2.22. The second-order valence-corrected chi connectivity index (χ2v) is 6.80. The fourth-order valence-corrected chi connectivity index (χ4v) is 3.28. The van der Waals surface area contributed by atoms with Crippen LogP contribution < -0.4 is 19.7 Å². The highest BCUT2D eigenvalue weighted by Gasteiger charge is 2.15. The number of guanidine groups is 1. The van der Waals surface area contributed by atoms with E-state index in [2.05, 4.69) is 25.6 Å². The summed E-state index contributed by atoms with van der Waals surface area (Å²) in [5.74, 6) is 2.42. The maximum Gasteiger partial charge on any atom is 0.231 e. The van der Waals surface area contributed by atoms with Crippen molar-refractivity contribution in [2.45, 2.75) is 13.1 Å². The number of hydrogen-bond acceptors (Lipinski definition) is 6. The molecule has 0 unspecified atom stereocenters. The van der Waals surface area contributed by atoms with Crippen LogP contribution in [0.1, 0.15) is 11.3 Å². The monoisotopic (exact) mass is 489 g/mol. The van der Waals surface area contributed by atoms with Gasteiger partial charge in [0, 0.05) is 40.1 Å². The zero-order chi connectivity index (χ0) is 17.8. The van der Waals surface area contributed by atoms with Crippen molar-refractivity contribution in [1.29, 1.82) is 0 Å². The smallest absolute Gasteiger partial charge is 0.231 e. The molecule has 1 N–H and O–H groups in total. The van der Waals surface area contributed by atoms with Crippen molar-refractivity contribution in [3.63, 3.8) is 0 Å². The average molecular weight is 489 g/mol. The number of thiazole rings is 1. The molecule has 0 bridgehead atoms. The molecule has 1 aliphatic rings. The SMILES string of the molecule is CN=C(NCc1csc(N(C)C)n1)N(C)Cc1ccc2c(c1)OCO2.I. The normalized spacial score (nSPS) is 12.5. The minimum absolute atomic E-state index is 0. The predicted molar refractivity (Wildman–Crippen MR) is 116 cm³/mol. The molecular weight excluding hydrogens is 465 g/mol. The number of ether oxygens (including phenoxy) is 2. The van der Waals surface area contributed by atoms with Gasteiger partial charge in [-0.15, -0.1) is 35.3 Å². The molecule has 0 amide bonds. The van der Waals surface area contributed by atoms with E-state index in [0.29, 0.717) is 13.3 Å². The number of hydrogen-bond donors (Lipinski definition) is 1.